The number of hydrogen-bond donors (Lipinski definition) is 4. The predicted molar refractivity (Wildman–Crippen MR) is 166 cm³/mol. The molecule has 0 aromatic heterocycles. The molecule has 11 heteroatoms. The van der Waals surface area contributed by atoms with Crippen molar-refractivity contribution in [2.24, 2.45) is 23.7 Å². The van der Waals surface area contributed by atoms with E-state index in [0.29, 0.717) is 30.5 Å². The number of esters is 1. The van der Waals surface area contributed by atoms with Crippen LogP contribution in [0.2, 0.25) is 0 Å². The second-order valence-corrected chi connectivity index (χ2v) is 14.3. The largest absolute Gasteiger partial charge is 0.459 e. The van der Waals surface area contributed by atoms with Crippen LogP contribution in [0.5, 0.6) is 0 Å². The van der Waals surface area contributed by atoms with Crippen LogP contribution in [0.15, 0.2) is 12.2 Å². The maximum atomic E-state index is 13.5. The first-order valence-electron chi connectivity index (χ1n) is 16.1. The van der Waals surface area contributed by atoms with Gasteiger partial charge in [0.25, 0.3) is 0 Å². The number of nitrogens with zero attached hydrogens (tertiary/aromatic N) is 1. The van der Waals surface area contributed by atoms with Crippen molar-refractivity contribution in [2.45, 2.75) is 135 Å². The van der Waals surface area contributed by atoms with Gasteiger partial charge in [-0.1, -0.05) is 34.3 Å². The predicted octanol–water partition coefficient (Wildman–Crippen LogP) is 2.93. The summed E-state index contributed by atoms with van der Waals surface area (Å²) in [6.07, 6.45) is -4.97. The molecule has 4 N–H and O–H groups in total. The molecular formula is C33H58N2O9. The Labute approximate surface area is 263 Å². The highest BCUT2D eigenvalue weighted by atomic mass is 16.7. The molecule has 0 unspecified atom stereocenters. The van der Waals surface area contributed by atoms with Gasteiger partial charge in [-0.3, -0.25) is 4.79 Å². The number of hydrogen-bond acceptors (Lipinski definition) is 11. The Morgan fingerprint density at radius 1 is 1.07 bits per heavy atom. The first kappa shape index (κ1) is 37.0. The zero-order chi connectivity index (χ0) is 33.3. The lowest BCUT2D eigenvalue weighted by molar-refractivity contribution is -0.302. The highest BCUT2D eigenvalue weighted by Gasteiger charge is 2.52. The molecule has 14 atom stereocenters. The molecule has 3 aliphatic rings. The lowest BCUT2D eigenvalue weighted by Gasteiger charge is -2.48. The Morgan fingerprint density at radius 3 is 2.30 bits per heavy atom. The van der Waals surface area contributed by atoms with E-state index in [1.165, 1.54) is 0 Å². The van der Waals surface area contributed by atoms with Gasteiger partial charge in [-0.25, -0.2) is 0 Å². The summed E-state index contributed by atoms with van der Waals surface area (Å²) in [6, 6.07) is -0.224. The number of carbonyl (C=O) groups excluding carboxylic acids is 1. The molecular weight excluding hydrogens is 568 g/mol. The van der Waals surface area contributed by atoms with Crippen molar-refractivity contribution in [2.75, 3.05) is 27.3 Å². The quantitative estimate of drug-likeness (QED) is 0.271. The highest BCUT2D eigenvalue weighted by molar-refractivity contribution is 5.86. The third-order valence-electron chi connectivity index (χ3n) is 10.2. The Hall–Kier alpha value is -1.44. The number of carbonyl (C=O) groups is 1. The lowest BCUT2D eigenvalue weighted by Crippen LogP contribution is -2.60. The van der Waals surface area contributed by atoms with Crippen molar-refractivity contribution in [1.82, 2.24) is 4.90 Å². The minimum absolute atomic E-state index is 0.0554. The van der Waals surface area contributed by atoms with Gasteiger partial charge in [0.15, 0.2) is 6.29 Å². The summed E-state index contributed by atoms with van der Waals surface area (Å²) in [7, 11) is 3.80. The summed E-state index contributed by atoms with van der Waals surface area (Å²) >= 11 is 0. The summed E-state index contributed by atoms with van der Waals surface area (Å²) < 4.78 is 31.6. The molecule has 3 fully saturated rings. The van der Waals surface area contributed by atoms with Crippen molar-refractivity contribution in [3.63, 3.8) is 0 Å². The van der Waals surface area contributed by atoms with E-state index in [4.69, 9.17) is 23.7 Å². The van der Waals surface area contributed by atoms with E-state index in [0.717, 1.165) is 0 Å². The summed E-state index contributed by atoms with van der Waals surface area (Å²) in [6.45, 7) is 18.6. The van der Waals surface area contributed by atoms with Crippen LogP contribution in [0.1, 0.15) is 74.7 Å². The van der Waals surface area contributed by atoms with Crippen molar-refractivity contribution >= 4 is 11.7 Å². The van der Waals surface area contributed by atoms with E-state index in [9.17, 15) is 25.5 Å². The zero-order valence-electron chi connectivity index (χ0n) is 28.4. The summed E-state index contributed by atoms with van der Waals surface area (Å²) in [5.41, 5.74) is -1.82. The van der Waals surface area contributed by atoms with E-state index >= 15 is 0 Å². The number of rotatable bonds is 4. The molecule has 0 radical (unpaired) electrons. The molecule has 3 saturated heterocycles. The second-order valence-electron chi connectivity index (χ2n) is 14.3. The molecule has 44 heavy (non-hydrogen) atoms. The van der Waals surface area contributed by atoms with Crippen LogP contribution in [0.3, 0.4) is 0 Å². The van der Waals surface area contributed by atoms with Crippen LogP contribution in [0, 0.1) is 29.1 Å². The molecule has 0 aromatic carbocycles. The van der Waals surface area contributed by atoms with Gasteiger partial charge >= 0.3 is 5.97 Å². The number of aliphatic hydroxyl groups excluding tert-OH is 2. The van der Waals surface area contributed by atoms with Crippen molar-refractivity contribution < 1.29 is 43.8 Å². The van der Waals surface area contributed by atoms with Crippen LogP contribution in [0.4, 0.5) is 0 Å². The topological polar surface area (TPSA) is 151 Å². The number of aliphatic hydroxyl groups is 3. The molecule has 0 saturated carbocycles. The minimum Gasteiger partial charge on any atom is -0.459 e. The summed E-state index contributed by atoms with van der Waals surface area (Å²) in [5, 5.41) is 44.2. The highest BCUT2D eigenvalue weighted by Crippen LogP contribution is 2.40. The van der Waals surface area contributed by atoms with Crippen LogP contribution in [0.25, 0.3) is 0 Å². The van der Waals surface area contributed by atoms with Gasteiger partial charge in [0.1, 0.15) is 17.8 Å². The van der Waals surface area contributed by atoms with E-state index in [-0.39, 0.29) is 31.3 Å². The van der Waals surface area contributed by atoms with Crippen LogP contribution < -0.4 is 0 Å². The molecule has 3 heterocycles. The maximum absolute atomic E-state index is 13.5. The van der Waals surface area contributed by atoms with Crippen LogP contribution >= 0.6 is 0 Å². The Balaban J connectivity index is 2.19. The minimum atomic E-state index is -1.64. The van der Waals surface area contributed by atoms with Crippen LogP contribution in [-0.4, -0.2) is 119 Å². The van der Waals surface area contributed by atoms with Gasteiger partial charge in [-0.15, -0.1) is 0 Å². The maximum Gasteiger partial charge on any atom is 0.311 e. The number of ether oxygens (including phenoxy) is 5. The van der Waals surface area contributed by atoms with Crippen molar-refractivity contribution in [3.05, 3.63) is 12.2 Å². The number of nitrogens with one attached hydrogen (secondary N) is 1. The van der Waals surface area contributed by atoms with E-state index in [1.807, 2.05) is 53.6 Å². The molecule has 0 spiro atoms. The molecule has 0 amide bonds. The Kier molecular flexibility index (Phi) is 12.2. The molecule has 3 aliphatic heterocycles. The van der Waals surface area contributed by atoms with E-state index in [1.54, 1.807) is 20.8 Å². The monoisotopic (exact) mass is 626 g/mol. The molecule has 0 aliphatic carbocycles. The average Bonchev–Trinajstić information content (AvgIpc) is 2.97. The SMILES string of the molecule is C=C1CO[C@H]2[C@H](C)C(=N)[C@H](C)C[C@@](C)(OC1)[C@H](O[C@@H]1O[C@H](C)C[C@H](N(C)C)[C@H]1O)[C@@H](C)[C@H](O)[C@@H](C)C(=O)O[C@@H](CC)[C@@]2(C)O. The Morgan fingerprint density at radius 2 is 1.70 bits per heavy atom. The van der Waals surface area contributed by atoms with E-state index < -0.39 is 71.7 Å². The summed E-state index contributed by atoms with van der Waals surface area (Å²) in [5.74, 6) is -3.26. The summed E-state index contributed by atoms with van der Waals surface area (Å²) in [4.78, 5) is 15.5. The number of cyclic esters (lactones) is 1. The number of fused-ring (bicyclic) bond motifs is 5. The first-order chi connectivity index (χ1) is 20.3. The smallest absolute Gasteiger partial charge is 0.311 e. The Bertz CT molecular complexity index is 1020. The zero-order valence-corrected chi connectivity index (χ0v) is 28.4. The fraction of sp³-hybridized carbons (Fsp3) is 0.879. The standard InChI is InChI=1S/C33H58N2O9/c1-12-24-33(9,39)29-20(5)25(34)18(3)14-32(8,41-16-17(2)15-40-29)28(21(6)26(36)22(7)30(38)43-24)44-31-27(37)23(35(10)11)13-19(4)42-31/h18-24,26-29,31,34,36-37,39H,2,12-16H2,1,3-11H3/t18-,19-,20-,21+,22-,23+,24+,26+,27-,28-,29+,31+,32-,33-/m1/s1. The van der Waals surface area contributed by atoms with Gasteiger partial charge in [-0.05, 0) is 72.5 Å². The molecule has 11 nitrogen and oxygen atoms in total. The molecule has 254 valence electrons. The number of likely N-dealkylation sites (N-methyl/N-ethyl adjacent to an activating group) is 1. The third kappa shape index (κ3) is 7.74. The third-order valence-corrected chi connectivity index (χ3v) is 10.2. The van der Waals surface area contributed by atoms with Gasteiger partial charge < -0.3 is 49.3 Å². The van der Waals surface area contributed by atoms with E-state index in [2.05, 4.69) is 6.58 Å². The van der Waals surface area contributed by atoms with Crippen molar-refractivity contribution in [3.8, 4) is 0 Å². The molecule has 0 aromatic rings. The fourth-order valence-corrected chi connectivity index (χ4v) is 7.37. The van der Waals surface area contributed by atoms with Gasteiger partial charge in [0.05, 0.1) is 49.1 Å². The molecule has 3 rings (SSSR count). The molecule has 2 bridgehead atoms. The second kappa shape index (κ2) is 14.5. The van der Waals surface area contributed by atoms with Gasteiger partial charge in [0.2, 0.25) is 0 Å². The van der Waals surface area contributed by atoms with Gasteiger partial charge in [-0.2, -0.15) is 0 Å². The fourth-order valence-electron chi connectivity index (χ4n) is 7.37. The first-order valence-corrected chi connectivity index (χ1v) is 16.1. The van der Waals surface area contributed by atoms with Gasteiger partial charge in [0, 0.05) is 23.6 Å². The average molecular weight is 627 g/mol. The normalized spacial score (nSPS) is 47.0. The van der Waals surface area contributed by atoms with Crippen molar-refractivity contribution in [1.29, 1.82) is 5.41 Å². The lowest BCUT2D eigenvalue weighted by atomic mass is 9.73. The van der Waals surface area contributed by atoms with Crippen LogP contribution in [-0.2, 0) is 28.5 Å².